The summed E-state index contributed by atoms with van der Waals surface area (Å²) >= 11 is 0. The van der Waals surface area contributed by atoms with Gasteiger partial charge in [-0.15, -0.1) is 0 Å². The topological polar surface area (TPSA) is 67.9 Å². The summed E-state index contributed by atoms with van der Waals surface area (Å²) in [6.07, 6.45) is 5.52. The van der Waals surface area contributed by atoms with E-state index in [4.69, 9.17) is 10.00 Å². The second-order valence-electron chi connectivity index (χ2n) is 4.94. The molecule has 2 heterocycles. The zero-order valence-electron chi connectivity index (χ0n) is 11.0. The predicted molar refractivity (Wildman–Crippen MR) is 70.6 cm³/mol. The molecule has 1 saturated heterocycles. The maximum absolute atomic E-state index is 11.6. The van der Waals surface area contributed by atoms with Gasteiger partial charge in [0.25, 0.3) is 5.56 Å². The van der Waals surface area contributed by atoms with Crippen LogP contribution in [0.3, 0.4) is 0 Å². The van der Waals surface area contributed by atoms with Gasteiger partial charge in [-0.05, 0) is 31.2 Å². The summed E-state index contributed by atoms with van der Waals surface area (Å²) in [5.41, 5.74) is 0.161. The normalized spacial score (nSPS) is 16.2. The first-order chi connectivity index (χ1) is 9.29. The third-order valence-corrected chi connectivity index (χ3v) is 3.55. The second-order valence-corrected chi connectivity index (χ2v) is 4.94. The summed E-state index contributed by atoms with van der Waals surface area (Å²) in [6.45, 7) is 2.36. The molecule has 1 aromatic rings. The van der Waals surface area contributed by atoms with Gasteiger partial charge in [-0.1, -0.05) is 12.8 Å². The van der Waals surface area contributed by atoms with Crippen LogP contribution >= 0.6 is 0 Å². The summed E-state index contributed by atoms with van der Waals surface area (Å²) in [5.74, 6) is 0.767. The first-order valence-corrected chi connectivity index (χ1v) is 6.85. The van der Waals surface area contributed by atoms with Crippen molar-refractivity contribution < 1.29 is 4.74 Å². The van der Waals surface area contributed by atoms with Gasteiger partial charge in [-0.25, -0.2) is 4.68 Å². The summed E-state index contributed by atoms with van der Waals surface area (Å²) in [7, 11) is 0. The summed E-state index contributed by atoms with van der Waals surface area (Å²) < 4.78 is 6.72. The van der Waals surface area contributed by atoms with Gasteiger partial charge in [0.1, 0.15) is 6.07 Å². The Labute approximate surface area is 112 Å². The molecule has 1 aromatic heterocycles. The van der Waals surface area contributed by atoms with Gasteiger partial charge in [0.15, 0.2) is 5.69 Å². The molecule has 0 N–H and O–H groups in total. The van der Waals surface area contributed by atoms with Crippen LogP contribution < -0.4 is 5.56 Å². The molecule has 19 heavy (non-hydrogen) atoms. The molecule has 0 aliphatic carbocycles. The van der Waals surface area contributed by atoms with Gasteiger partial charge in [0.2, 0.25) is 0 Å². The lowest BCUT2D eigenvalue weighted by molar-refractivity contribution is 0.0630. The van der Waals surface area contributed by atoms with Gasteiger partial charge >= 0.3 is 0 Å². The predicted octanol–water partition coefficient (Wildman–Crippen LogP) is 1.71. The van der Waals surface area contributed by atoms with E-state index in [-0.39, 0.29) is 5.56 Å². The Hall–Kier alpha value is -1.67. The van der Waals surface area contributed by atoms with E-state index in [9.17, 15) is 4.79 Å². The average molecular weight is 261 g/mol. The van der Waals surface area contributed by atoms with Crippen molar-refractivity contribution in [3.63, 3.8) is 0 Å². The van der Waals surface area contributed by atoms with E-state index in [1.165, 1.54) is 23.2 Å². The Kier molecular flexibility index (Phi) is 5.10. The number of hydrogen-bond acceptors (Lipinski definition) is 4. The van der Waals surface area contributed by atoms with Crippen LogP contribution in [-0.4, -0.2) is 23.0 Å². The fraction of sp³-hybridized carbons (Fsp3) is 0.643. The maximum atomic E-state index is 11.6. The van der Waals surface area contributed by atoms with E-state index < -0.39 is 0 Å². The number of hydrogen-bond donors (Lipinski definition) is 0. The monoisotopic (exact) mass is 261 g/mol. The van der Waals surface area contributed by atoms with Crippen molar-refractivity contribution in [3.8, 4) is 6.07 Å². The third kappa shape index (κ3) is 4.18. The molecule has 102 valence electrons. The molecule has 0 atom stereocenters. The molecule has 0 saturated carbocycles. The van der Waals surface area contributed by atoms with Crippen LogP contribution in [0.15, 0.2) is 16.9 Å². The maximum Gasteiger partial charge on any atom is 0.266 e. The van der Waals surface area contributed by atoms with Crippen LogP contribution in [0.5, 0.6) is 0 Å². The molecule has 1 aliphatic rings. The lowest BCUT2D eigenvalue weighted by Gasteiger charge is -2.21. The average Bonchev–Trinajstić information content (AvgIpc) is 2.46. The first-order valence-electron chi connectivity index (χ1n) is 6.85. The highest BCUT2D eigenvalue weighted by Crippen LogP contribution is 2.20. The Bertz CT molecular complexity index is 498. The molecule has 1 fully saturated rings. The van der Waals surface area contributed by atoms with Gasteiger partial charge < -0.3 is 4.74 Å². The Morgan fingerprint density at radius 1 is 1.37 bits per heavy atom. The van der Waals surface area contributed by atoms with Gasteiger partial charge in [0, 0.05) is 25.8 Å². The first kappa shape index (κ1) is 13.8. The van der Waals surface area contributed by atoms with E-state index in [0.717, 1.165) is 44.8 Å². The Balaban J connectivity index is 1.76. The fourth-order valence-electron chi connectivity index (χ4n) is 2.40. The molecule has 1 aliphatic heterocycles. The lowest BCUT2D eigenvalue weighted by Crippen LogP contribution is -2.23. The zero-order chi connectivity index (χ0) is 13.5. The number of nitriles is 1. The van der Waals surface area contributed by atoms with Crippen molar-refractivity contribution in [2.24, 2.45) is 5.92 Å². The van der Waals surface area contributed by atoms with Crippen LogP contribution in [0.4, 0.5) is 0 Å². The molecule has 0 amide bonds. The summed E-state index contributed by atoms with van der Waals surface area (Å²) in [5, 5.41) is 12.8. The minimum Gasteiger partial charge on any atom is -0.381 e. The molecule has 0 bridgehead atoms. The fourth-order valence-corrected chi connectivity index (χ4v) is 2.40. The summed E-state index contributed by atoms with van der Waals surface area (Å²) in [6, 6.07) is 4.82. The van der Waals surface area contributed by atoms with Crippen molar-refractivity contribution in [1.29, 1.82) is 5.26 Å². The van der Waals surface area contributed by atoms with Crippen molar-refractivity contribution >= 4 is 0 Å². The number of aryl methyl sites for hydroxylation is 1. The van der Waals surface area contributed by atoms with Gasteiger partial charge in [-0.3, -0.25) is 4.79 Å². The van der Waals surface area contributed by atoms with E-state index in [1.807, 2.05) is 6.07 Å². The minimum atomic E-state index is -0.134. The number of unbranched alkanes of at least 4 members (excludes halogenated alkanes) is 1. The van der Waals surface area contributed by atoms with Crippen molar-refractivity contribution in [1.82, 2.24) is 9.78 Å². The number of aromatic nitrogens is 2. The smallest absolute Gasteiger partial charge is 0.266 e. The van der Waals surface area contributed by atoms with Crippen molar-refractivity contribution in [3.05, 3.63) is 28.2 Å². The summed E-state index contributed by atoms with van der Waals surface area (Å²) in [4.78, 5) is 11.6. The van der Waals surface area contributed by atoms with Crippen molar-refractivity contribution in [2.45, 2.75) is 38.6 Å². The molecule has 5 heteroatoms. The molecule has 0 spiro atoms. The molecule has 0 aromatic carbocycles. The molecule has 0 radical (unpaired) electrons. The number of rotatable bonds is 5. The van der Waals surface area contributed by atoms with Crippen LogP contribution in [-0.2, 0) is 11.3 Å². The Morgan fingerprint density at radius 3 is 2.89 bits per heavy atom. The van der Waals surface area contributed by atoms with Gasteiger partial charge in [-0.2, -0.15) is 10.4 Å². The highest BCUT2D eigenvalue weighted by molar-refractivity contribution is 5.16. The number of nitrogens with zero attached hydrogens (tertiary/aromatic N) is 3. The van der Waals surface area contributed by atoms with E-state index in [1.54, 1.807) is 0 Å². The third-order valence-electron chi connectivity index (χ3n) is 3.55. The molecule has 2 rings (SSSR count). The van der Waals surface area contributed by atoms with Crippen LogP contribution in [0.25, 0.3) is 0 Å². The van der Waals surface area contributed by atoms with Crippen LogP contribution in [0, 0.1) is 17.2 Å². The van der Waals surface area contributed by atoms with Crippen molar-refractivity contribution in [2.75, 3.05) is 13.2 Å². The number of ether oxygens (including phenoxy) is 1. The lowest BCUT2D eigenvalue weighted by atomic mass is 9.94. The highest BCUT2D eigenvalue weighted by Gasteiger charge is 2.12. The quantitative estimate of drug-likeness (QED) is 0.757. The Morgan fingerprint density at radius 2 is 2.16 bits per heavy atom. The molecule has 5 nitrogen and oxygen atoms in total. The minimum absolute atomic E-state index is 0.134. The standard InChI is InChI=1S/C14H19N3O2/c15-11-13-4-5-14(18)17(16-13)8-2-1-3-12-6-9-19-10-7-12/h4-5,12H,1-3,6-10H2. The van der Waals surface area contributed by atoms with E-state index in [2.05, 4.69) is 5.10 Å². The zero-order valence-corrected chi connectivity index (χ0v) is 11.0. The highest BCUT2D eigenvalue weighted by atomic mass is 16.5. The van der Waals surface area contributed by atoms with Gasteiger partial charge in [0.05, 0.1) is 0 Å². The molecular formula is C14H19N3O2. The molecule has 0 unspecified atom stereocenters. The van der Waals surface area contributed by atoms with E-state index >= 15 is 0 Å². The largest absolute Gasteiger partial charge is 0.381 e. The van der Waals surface area contributed by atoms with Crippen LogP contribution in [0.1, 0.15) is 37.8 Å². The van der Waals surface area contributed by atoms with Crippen LogP contribution in [0.2, 0.25) is 0 Å². The SMILES string of the molecule is N#Cc1ccc(=O)n(CCCCC2CCOCC2)n1. The second kappa shape index (κ2) is 7.05. The molecular weight excluding hydrogens is 242 g/mol. The van der Waals surface area contributed by atoms with E-state index in [0.29, 0.717) is 12.2 Å².